The number of carbonyl (C=O) groups is 1. The maximum Gasteiger partial charge on any atom is 0.227 e. The molecule has 21 heavy (non-hydrogen) atoms. The highest BCUT2D eigenvalue weighted by molar-refractivity contribution is 9.11. The molecule has 6 heteroatoms. The first kappa shape index (κ1) is 16.7. The highest BCUT2D eigenvalue weighted by Crippen LogP contribution is 2.26. The Morgan fingerprint density at radius 2 is 2.00 bits per heavy atom. The molecule has 0 bridgehead atoms. The van der Waals surface area contributed by atoms with E-state index in [9.17, 15) is 4.79 Å². The van der Waals surface area contributed by atoms with Crippen LogP contribution < -0.4 is 11.1 Å². The summed E-state index contributed by atoms with van der Waals surface area (Å²) >= 11 is 8.44. The van der Waals surface area contributed by atoms with Crippen LogP contribution in [0.4, 0.5) is 5.69 Å². The van der Waals surface area contributed by atoms with E-state index >= 15 is 0 Å². The number of nitrogens with two attached hydrogens (primary N) is 1. The van der Waals surface area contributed by atoms with Gasteiger partial charge >= 0.3 is 0 Å². The monoisotopic (exact) mass is 430 g/mol. The predicted molar refractivity (Wildman–Crippen MR) is 95.5 cm³/mol. The molecule has 0 saturated heterocycles. The third-order valence-electron chi connectivity index (χ3n) is 3.09. The molecule has 2 atom stereocenters. The Hall–Kier alpha value is -0.690. The summed E-state index contributed by atoms with van der Waals surface area (Å²) in [7, 11) is 0. The summed E-state index contributed by atoms with van der Waals surface area (Å²) in [6.07, 6.45) is 0.627. The molecule has 0 fully saturated rings. The van der Waals surface area contributed by atoms with Crippen molar-refractivity contribution in [2.45, 2.75) is 19.4 Å². The number of amides is 1. The number of benzene rings is 1. The second-order valence-corrected chi connectivity index (χ2v) is 7.72. The van der Waals surface area contributed by atoms with Crippen molar-refractivity contribution in [2.24, 2.45) is 11.7 Å². The lowest BCUT2D eigenvalue weighted by molar-refractivity contribution is -0.119. The normalized spacial score (nSPS) is 13.7. The number of hydrogen-bond donors (Lipinski definition) is 2. The highest BCUT2D eigenvalue weighted by atomic mass is 79.9. The van der Waals surface area contributed by atoms with E-state index < -0.39 is 0 Å². The number of rotatable bonds is 5. The van der Waals surface area contributed by atoms with Gasteiger partial charge in [0, 0.05) is 31.5 Å². The fourth-order valence-electron chi connectivity index (χ4n) is 2.00. The van der Waals surface area contributed by atoms with Gasteiger partial charge in [0.15, 0.2) is 0 Å². The summed E-state index contributed by atoms with van der Waals surface area (Å²) in [4.78, 5) is 13.4. The second kappa shape index (κ2) is 7.54. The van der Waals surface area contributed by atoms with E-state index in [-0.39, 0.29) is 17.9 Å². The van der Waals surface area contributed by atoms with Gasteiger partial charge in [-0.25, -0.2) is 0 Å². The van der Waals surface area contributed by atoms with Crippen molar-refractivity contribution in [3.8, 4) is 0 Å². The van der Waals surface area contributed by atoms with Crippen molar-refractivity contribution in [1.82, 2.24) is 0 Å². The molecule has 0 aliphatic carbocycles. The van der Waals surface area contributed by atoms with Crippen LogP contribution >= 0.6 is 43.2 Å². The van der Waals surface area contributed by atoms with E-state index in [1.807, 2.05) is 42.6 Å². The first-order valence-corrected chi connectivity index (χ1v) is 8.98. The Bertz CT molecular complexity index is 596. The van der Waals surface area contributed by atoms with E-state index in [1.165, 1.54) is 0 Å². The van der Waals surface area contributed by atoms with Crippen molar-refractivity contribution >= 4 is 54.8 Å². The molecule has 0 spiro atoms. The molecule has 0 radical (unpaired) electrons. The molecule has 1 amide bonds. The SMILES string of the molecule is C[C@@H](C[C@@H](N)c1cccs1)C(=O)Nc1cc(Br)cc(Br)c1. The third-order valence-corrected chi connectivity index (χ3v) is 5.01. The van der Waals surface area contributed by atoms with Crippen molar-refractivity contribution in [3.63, 3.8) is 0 Å². The summed E-state index contributed by atoms with van der Waals surface area (Å²) in [6, 6.07) is 9.55. The topological polar surface area (TPSA) is 55.1 Å². The van der Waals surface area contributed by atoms with Gasteiger partial charge in [0.25, 0.3) is 0 Å². The van der Waals surface area contributed by atoms with Crippen molar-refractivity contribution in [1.29, 1.82) is 0 Å². The molecule has 112 valence electrons. The van der Waals surface area contributed by atoms with Crippen LogP contribution in [0, 0.1) is 5.92 Å². The summed E-state index contributed by atoms with van der Waals surface area (Å²) in [5.74, 6) is -0.174. The molecule has 1 aromatic heterocycles. The van der Waals surface area contributed by atoms with E-state index in [0.717, 1.165) is 19.5 Å². The van der Waals surface area contributed by atoms with Crippen LogP contribution in [-0.4, -0.2) is 5.91 Å². The van der Waals surface area contributed by atoms with Crippen molar-refractivity contribution < 1.29 is 4.79 Å². The van der Waals surface area contributed by atoms with Crippen LogP contribution in [0.2, 0.25) is 0 Å². The first-order chi connectivity index (χ1) is 9.95. The standard InChI is InChI=1S/C15H16Br2N2OS/c1-9(5-13(18)14-3-2-4-21-14)15(20)19-12-7-10(16)6-11(17)8-12/h2-4,6-9,13H,5,18H2,1H3,(H,19,20)/t9-,13+/m0/s1. The van der Waals surface area contributed by atoms with Gasteiger partial charge in [-0.3, -0.25) is 4.79 Å². The molecule has 0 aliphatic rings. The van der Waals surface area contributed by atoms with Crippen LogP contribution in [0.3, 0.4) is 0 Å². The Morgan fingerprint density at radius 3 is 2.57 bits per heavy atom. The predicted octanol–water partition coefficient (Wildman–Crippen LogP) is 4.94. The Kier molecular flexibility index (Phi) is 5.98. The summed E-state index contributed by atoms with van der Waals surface area (Å²) < 4.78 is 1.82. The molecule has 2 rings (SSSR count). The van der Waals surface area contributed by atoms with Crippen LogP contribution in [0.1, 0.15) is 24.3 Å². The zero-order chi connectivity index (χ0) is 15.4. The number of carbonyl (C=O) groups excluding carboxylic acids is 1. The molecule has 1 aromatic carbocycles. The maximum absolute atomic E-state index is 12.2. The third kappa shape index (κ3) is 4.92. The highest BCUT2D eigenvalue weighted by Gasteiger charge is 2.18. The van der Waals surface area contributed by atoms with Crippen LogP contribution in [0.5, 0.6) is 0 Å². The number of anilines is 1. The molecule has 1 heterocycles. The molecule has 0 aliphatic heterocycles. The fourth-order valence-corrected chi connectivity index (χ4v) is 4.03. The lowest BCUT2D eigenvalue weighted by atomic mass is 10.0. The number of thiophene rings is 1. The Balaban J connectivity index is 1.96. The Labute approximate surface area is 145 Å². The van der Waals surface area contributed by atoms with E-state index in [2.05, 4.69) is 37.2 Å². The molecular formula is C15H16Br2N2OS. The zero-order valence-corrected chi connectivity index (χ0v) is 15.5. The average Bonchev–Trinajstić information content (AvgIpc) is 2.91. The molecular weight excluding hydrogens is 416 g/mol. The van der Waals surface area contributed by atoms with Gasteiger partial charge in [-0.2, -0.15) is 0 Å². The Morgan fingerprint density at radius 1 is 1.33 bits per heavy atom. The smallest absolute Gasteiger partial charge is 0.227 e. The van der Waals surface area contributed by atoms with Gasteiger partial charge in [-0.15, -0.1) is 11.3 Å². The minimum atomic E-state index is -0.153. The minimum Gasteiger partial charge on any atom is -0.326 e. The van der Waals surface area contributed by atoms with E-state index in [0.29, 0.717) is 6.42 Å². The number of nitrogens with one attached hydrogen (secondary N) is 1. The molecule has 0 saturated carbocycles. The van der Waals surface area contributed by atoms with Crippen LogP contribution in [-0.2, 0) is 4.79 Å². The van der Waals surface area contributed by atoms with Gasteiger partial charge in [0.1, 0.15) is 0 Å². The quantitative estimate of drug-likeness (QED) is 0.704. The first-order valence-electron chi connectivity index (χ1n) is 6.51. The average molecular weight is 432 g/mol. The van der Waals surface area contributed by atoms with Gasteiger partial charge in [-0.05, 0) is 36.1 Å². The van der Waals surface area contributed by atoms with Gasteiger partial charge in [0.2, 0.25) is 5.91 Å². The van der Waals surface area contributed by atoms with Gasteiger partial charge < -0.3 is 11.1 Å². The summed E-state index contributed by atoms with van der Waals surface area (Å²) in [6.45, 7) is 1.90. The van der Waals surface area contributed by atoms with E-state index in [1.54, 1.807) is 11.3 Å². The summed E-state index contributed by atoms with van der Waals surface area (Å²) in [5, 5.41) is 4.92. The van der Waals surface area contributed by atoms with Crippen LogP contribution in [0.15, 0.2) is 44.7 Å². The number of hydrogen-bond acceptors (Lipinski definition) is 3. The lowest BCUT2D eigenvalue weighted by Crippen LogP contribution is -2.24. The largest absolute Gasteiger partial charge is 0.326 e. The molecule has 2 aromatic rings. The molecule has 3 nitrogen and oxygen atoms in total. The van der Waals surface area contributed by atoms with Crippen molar-refractivity contribution in [3.05, 3.63) is 49.5 Å². The second-order valence-electron chi connectivity index (χ2n) is 4.91. The molecule has 0 unspecified atom stereocenters. The van der Waals surface area contributed by atoms with Gasteiger partial charge in [0.05, 0.1) is 0 Å². The zero-order valence-electron chi connectivity index (χ0n) is 11.5. The van der Waals surface area contributed by atoms with Crippen LogP contribution in [0.25, 0.3) is 0 Å². The number of halogens is 2. The van der Waals surface area contributed by atoms with E-state index in [4.69, 9.17) is 5.73 Å². The van der Waals surface area contributed by atoms with Gasteiger partial charge in [-0.1, -0.05) is 44.8 Å². The minimum absolute atomic E-state index is 0.0213. The lowest BCUT2D eigenvalue weighted by Gasteiger charge is -2.16. The molecule has 3 N–H and O–H groups in total. The maximum atomic E-state index is 12.2. The summed E-state index contributed by atoms with van der Waals surface area (Å²) in [5.41, 5.74) is 6.90. The fraction of sp³-hybridized carbons (Fsp3) is 0.267. The van der Waals surface area contributed by atoms with Crippen molar-refractivity contribution in [2.75, 3.05) is 5.32 Å².